The first-order valence-corrected chi connectivity index (χ1v) is 20.6. The molecule has 0 unspecified atom stereocenters. The third-order valence-corrected chi connectivity index (χ3v) is 13.4. The molecular weight excluding hydrogens is 701 g/mol. The minimum Gasteiger partial charge on any atom is -0.459 e. The molecule has 3 fully saturated rings. The highest BCUT2D eigenvalue weighted by Crippen LogP contribution is 2.50. The van der Waals surface area contributed by atoms with Crippen LogP contribution in [0.4, 0.5) is 4.79 Å². The summed E-state index contributed by atoms with van der Waals surface area (Å²) in [5.41, 5.74) is -1.37. The lowest BCUT2D eigenvalue weighted by Gasteiger charge is -2.36. The van der Waals surface area contributed by atoms with Gasteiger partial charge in [0.2, 0.25) is 21.8 Å². The molecule has 2 aliphatic heterocycles. The van der Waals surface area contributed by atoms with E-state index in [1.54, 1.807) is 20.8 Å². The number of nitrogens with one attached hydrogen (secondary N) is 3. The summed E-state index contributed by atoms with van der Waals surface area (Å²) in [6.45, 7) is 13.1. The van der Waals surface area contributed by atoms with Crippen molar-refractivity contribution in [2.45, 2.75) is 153 Å². The number of rotatable bonds is 3. The van der Waals surface area contributed by atoms with Gasteiger partial charge in [0.1, 0.15) is 29.3 Å². The second kappa shape index (κ2) is 14.1. The van der Waals surface area contributed by atoms with Crippen LogP contribution >= 0.6 is 0 Å². The Kier molecular flexibility index (Phi) is 10.3. The fraction of sp³-hybridized carbons (Fsp3) is 0.711. The summed E-state index contributed by atoms with van der Waals surface area (Å²) < 4.78 is 42.9. The highest BCUT2D eigenvalue weighted by atomic mass is 32.2. The molecule has 53 heavy (non-hydrogen) atoms. The molecule has 2 bridgehead atoms. The Morgan fingerprint density at radius 3 is 2.40 bits per heavy atom. The first-order chi connectivity index (χ1) is 24.8. The number of hydrogen-bond donors (Lipinski definition) is 3. The van der Waals surface area contributed by atoms with Crippen LogP contribution in [-0.4, -0.2) is 87.3 Å². The van der Waals surface area contributed by atoms with E-state index in [9.17, 15) is 27.6 Å². The molecule has 14 nitrogen and oxygen atoms in total. The van der Waals surface area contributed by atoms with Gasteiger partial charge in [0.05, 0.1) is 22.3 Å². The van der Waals surface area contributed by atoms with Gasteiger partial charge in [0.15, 0.2) is 0 Å². The number of amides is 4. The Balaban J connectivity index is 1.36. The molecule has 15 heteroatoms. The van der Waals surface area contributed by atoms with Gasteiger partial charge in [-0.05, 0) is 76.3 Å². The van der Waals surface area contributed by atoms with E-state index in [0.717, 1.165) is 30.3 Å². The number of fused-ring (bicyclic) bond motifs is 5. The van der Waals surface area contributed by atoms with Crippen LogP contribution in [-0.2, 0) is 35.7 Å². The van der Waals surface area contributed by atoms with Crippen LogP contribution in [0, 0.1) is 11.3 Å². The van der Waals surface area contributed by atoms with Gasteiger partial charge >= 0.3 is 6.09 Å². The molecule has 2 spiro atoms. The van der Waals surface area contributed by atoms with Crippen molar-refractivity contribution in [1.29, 1.82) is 0 Å². The number of aryl methyl sites for hydroxylation is 1. The van der Waals surface area contributed by atoms with Crippen molar-refractivity contribution in [2.24, 2.45) is 11.3 Å². The topological polar surface area (TPSA) is 178 Å². The second-order valence-electron chi connectivity index (χ2n) is 17.5. The van der Waals surface area contributed by atoms with Gasteiger partial charge < -0.3 is 25.0 Å². The lowest BCUT2D eigenvalue weighted by Crippen LogP contribution is -2.60. The zero-order valence-electron chi connectivity index (χ0n) is 32.1. The van der Waals surface area contributed by atoms with Crippen LogP contribution < -0.4 is 20.1 Å². The highest BCUT2D eigenvalue weighted by Gasteiger charge is 2.64. The van der Waals surface area contributed by atoms with E-state index in [1.165, 1.54) is 4.90 Å². The van der Waals surface area contributed by atoms with E-state index in [4.69, 9.17) is 14.5 Å². The van der Waals surface area contributed by atoms with Crippen LogP contribution in [0.3, 0.4) is 0 Å². The number of carbonyl (C=O) groups excluding carboxylic acids is 4. The quantitative estimate of drug-likeness (QED) is 0.406. The molecule has 2 aromatic rings. The molecule has 1 saturated heterocycles. The smallest absolute Gasteiger partial charge is 0.408 e. The lowest BCUT2D eigenvalue weighted by molar-refractivity contribution is -0.143. The summed E-state index contributed by atoms with van der Waals surface area (Å²) >= 11 is 0. The second-order valence-corrected chi connectivity index (χ2v) is 19.6. The van der Waals surface area contributed by atoms with Crippen LogP contribution in [0.25, 0.3) is 11.0 Å². The normalized spacial score (nSPS) is 28.1. The average Bonchev–Trinajstić information content (AvgIpc) is 3.93. The van der Waals surface area contributed by atoms with E-state index in [2.05, 4.69) is 15.4 Å². The number of nitrogens with zero attached hydrogens (tertiary/aromatic N) is 3. The molecule has 292 valence electrons. The first kappa shape index (κ1) is 38.8. The monoisotopic (exact) mass is 756 g/mol. The summed E-state index contributed by atoms with van der Waals surface area (Å²) in [7, 11) is -4.01. The number of imidazole rings is 1. The Morgan fingerprint density at radius 1 is 1.06 bits per heavy atom. The largest absolute Gasteiger partial charge is 0.459 e. The maximum Gasteiger partial charge on any atom is 0.408 e. The fourth-order valence-corrected chi connectivity index (χ4v) is 9.62. The predicted octanol–water partition coefficient (Wildman–Crippen LogP) is 4.55. The standard InChI is InChI=1S/C38H56N6O8S/c1-8-24-22-38(24)32(47)42-53(49,50)37(18-19-37)17-13-9-10-14-20-43-27-16-12-11-15-26(27)39-33(43)51-25-21-28(30(45)41-38)44(23-25)31(46)29(35(2,3)4)40-34(48)52-36(5,6)7/h11-12,15-16,24-25,28-29H,8-10,13-14,17-23H2,1-7H3,(H,40,48)(H,41,45)(H,42,47)/t24-,25-,28+,29-,38-/m1/s1. The molecule has 5 atom stereocenters. The molecule has 2 aliphatic carbocycles. The van der Waals surface area contributed by atoms with Crippen molar-refractivity contribution in [3.05, 3.63) is 24.3 Å². The summed E-state index contributed by atoms with van der Waals surface area (Å²) in [6, 6.07) is 5.95. The summed E-state index contributed by atoms with van der Waals surface area (Å²) in [4.78, 5) is 62.1. The third kappa shape index (κ3) is 8.00. The summed E-state index contributed by atoms with van der Waals surface area (Å²) in [5, 5.41) is 5.67. The lowest BCUT2D eigenvalue weighted by atomic mass is 9.85. The number of ether oxygens (including phenoxy) is 2. The molecule has 1 aromatic carbocycles. The van der Waals surface area contributed by atoms with E-state index >= 15 is 0 Å². The number of likely N-dealkylation sites (tertiary alicyclic amines) is 1. The Hall–Kier alpha value is -3.88. The van der Waals surface area contributed by atoms with Crippen LogP contribution in [0.15, 0.2) is 24.3 Å². The number of carbonyl (C=O) groups is 4. The number of hydrogen-bond acceptors (Lipinski definition) is 9. The molecule has 6 rings (SSSR count). The van der Waals surface area contributed by atoms with E-state index < -0.39 is 73.3 Å². The number of benzene rings is 1. The summed E-state index contributed by atoms with van der Waals surface area (Å²) in [6.07, 6.45) is 4.12. The molecule has 4 amide bonds. The summed E-state index contributed by atoms with van der Waals surface area (Å²) in [5.74, 6) is -2.12. The Bertz CT molecular complexity index is 1860. The zero-order chi connectivity index (χ0) is 38.6. The fourth-order valence-electron chi connectivity index (χ4n) is 7.92. The van der Waals surface area contributed by atoms with Gasteiger partial charge in [-0.3, -0.25) is 23.7 Å². The van der Waals surface area contributed by atoms with Gasteiger partial charge in [-0.25, -0.2) is 13.2 Å². The van der Waals surface area contributed by atoms with Crippen molar-refractivity contribution in [3.63, 3.8) is 0 Å². The van der Waals surface area contributed by atoms with E-state index in [0.29, 0.717) is 44.7 Å². The van der Waals surface area contributed by atoms with E-state index in [-0.39, 0.29) is 25.3 Å². The van der Waals surface area contributed by atoms with E-state index in [1.807, 2.05) is 56.5 Å². The van der Waals surface area contributed by atoms with Gasteiger partial charge in [-0.2, -0.15) is 4.98 Å². The van der Waals surface area contributed by atoms with Gasteiger partial charge in [0, 0.05) is 13.0 Å². The predicted molar refractivity (Wildman–Crippen MR) is 198 cm³/mol. The van der Waals surface area contributed by atoms with Crippen molar-refractivity contribution < 1.29 is 37.1 Å². The molecule has 1 aromatic heterocycles. The molecular formula is C38H56N6O8S. The van der Waals surface area contributed by atoms with Crippen molar-refractivity contribution >= 4 is 44.9 Å². The molecule has 3 N–H and O–H groups in total. The van der Waals surface area contributed by atoms with Crippen LogP contribution in [0.5, 0.6) is 6.01 Å². The maximum absolute atomic E-state index is 14.6. The zero-order valence-corrected chi connectivity index (χ0v) is 32.9. The van der Waals surface area contributed by atoms with Gasteiger partial charge in [-0.15, -0.1) is 0 Å². The third-order valence-electron chi connectivity index (χ3n) is 11.2. The maximum atomic E-state index is 14.6. The van der Waals surface area contributed by atoms with Crippen LogP contribution in [0.1, 0.15) is 113 Å². The van der Waals surface area contributed by atoms with Crippen molar-refractivity contribution in [2.75, 3.05) is 6.54 Å². The Labute approximate surface area is 312 Å². The van der Waals surface area contributed by atoms with Crippen molar-refractivity contribution in [3.8, 4) is 6.01 Å². The minimum atomic E-state index is -4.01. The van der Waals surface area contributed by atoms with Crippen LogP contribution in [0.2, 0.25) is 0 Å². The SMILES string of the molecule is CC[C@@H]1C[C@@]12NC(=O)[C@@H]1C[C@H](CN1C(=O)[C@@H](NC(=O)OC(C)(C)C)C(C)(C)C)Oc1nc3ccccc3n1CCCCCCC1(CC1)S(=O)(=O)NC2=O. The minimum absolute atomic E-state index is 0.00993. The molecule has 3 heterocycles. The first-order valence-electron chi connectivity index (χ1n) is 19.1. The van der Waals surface area contributed by atoms with Gasteiger partial charge in [-0.1, -0.05) is 65.5 Å². The Morgan fingerprint density at radius 2 is 1.75 bits per heavy atom. The number of alkyl carbamates (subject to hydrolysis) is 1. The highest BCUT2D eigenvalue weighted by molar-refractivity contribution is 7.91. The number of sulfonamides is 1. The number of aromatic nitrogens is 2. The molecule has 0 radical (unpaired) electrons. The average molecular weight is 757 g/mol. The molecule has 2 saturated carbocycles. The van der Waals surface area contributed by atoms with Crippen molar-refractivity contribution in [1.82, 2.24) is 29.8 Å². The van der Waals surface area contributed by atoms with Gasteiger partial charge in [0.25, 0.3) is 11.9 Å². The number of para-hydroxylation sites is 2. The molecule has 4 aliphatic rings.